The third-order valence-corrected chi connectivity index (χ3v) is 2.53. The Kier molecular flexibility index (Phi) is 4.06. The van der Waals surface area contributed by atoms with Gasteiger partial charge in [-0.25, -0.2) is 9.37 Å². The van der Waals surface area contributed by atoms with Crippen LogP contribution in [0.25, 0.3) is 11.1 Å². The molecule has 8 heteroatoms. The van der Waals surface area contributed by atoms with E-state index in [9.17, 15) is 26.3 Å². The molecule has 0 fully saturated rings. The van der Waals surface area contributed by atoms with Crippen molar-refractivity contribution in [1.82, 2.24) is 4.98 Å². The van der Waals surface area contributed by atoms with Crippen LogP contribution in [-0.4, -0.2) is 11.6 Å². The molecule has 0 radical (unpaired) electrons. The minimum Gasteiger partial charge on any atom is -0.414 e. The lowest BCUT2D eigenvalue weighted by atomic mass is 10.0. The van der Waals surface area contributed by atoms with E-state index in [0.29, 0.717) is 0 Å². The van der Waals surface area contributed by atoms with E-state index in [1.807, 2.05) is 0 Å². The van der Waals surface area contributed by atoms with Gasteiger partial charge in [-0.2, -0.15) is 22.0 Å². The summed E-state index contributed by atoms with van der Waals surface area (Å²) in [4.78, 5) is 3.33. The molecule has 0 saturated carbocycles. The summed E-state index contributed by atoms with van der Waals surface area (Å²) in [6.07, 6.45) is -3.59. The van der Waals surface area contributed by atoms with E-state index in [-0.39, 0.29) is 11.1 Å². The van der Waals surface area contributed by atoms with Crippen molar-refractivity contribution in [2.24, 2.45) is 0 Å². The number of ether oxygens (including phenoxy) is 1. The first-order valence-electron chi connectivity index (χ1n) is 5.55. The molecule has 1 aromatic heterocycles. The lowest BCUT2D eigenvalue weighted by Gasteiger charge is -2.10. The van der Waals surface area contributed by atoms with Crippen LogP contribution < -0.4 is 4.74 Å². The largest absolute Gasteiger partial charge is 0.416 e. The number of pyridine rings is 1. The van der Waals surface area contributed by atoms with Crippen LogP contribution in [0.5, 0.6) is 5.88 Å². The maximum Gasteiger partial charge on any atom is 0.416 e. The monoisotopic (exact) mass is 307 g/mol. The van der Waals surface area contributed by atoms with Crippen LogP contribution >= 0.6 is 0 Å². The van der Waals surface area contributed by atoms with Gasteiger partial charge >= 0.3 is 12.8 Å². The molecule has 0 unspecified atom stereocenters. The molecule has 0 aliphatic carbocycles. The van der Waals surface area contributed by atoms with Crippen LogP contribution in [0.1, 0.15) is 5.56 Å². The highest BCUT2D eigenvalue weighted by atomic mass is 19.4. The number of hydrogen-bond acceptors (Lipinski definition) is 2. The van der Waals surface area contributed by atoms with Gasteiger partial charge in [-0.05, 0) is 23.8 Å². The highest BCUT2D eigenvalue weighted by Gasteiger charge is 2.30. The van der Waals surface area contributed by atoms with Crippen LogP contribution in [0.4, 0.5) is 26.3 Å². The van der Waals surface area contributed by atoms with E-state index in [2.05, 4.69) is 9.72 Å². The van der Waals surface area contributed by atoms with E-state index in [1.54, 1.807) is 0 Å². The van der Waals surface area contributed by atoms with E-state index in [1.165, 1.54) is 6.07 Å². The van der Waals surface area contributed by atoms with E-state index < -0.39 is 30.0 Å². The second kappa shape index (κ2) is 5.63. The van der Waals surface area contributed by atoms with Gasteiger partial charge in [0.2, 0.25) is 0 Å². The fourth-order valence-corrected chi connectivity index (χ4v) is 1.63. The molecule has 2 aromatic rings. The van der Waals surface area contributed by atoms with Gasteiger partial charge in [0.25, 0.3) is 5.88 Å². The molecule has 0 atom stereocenters. The van der Waals surface area contributed by atoms with Gasteiger partial charge in [0.15, 0.2) is 5.82 Å². The maximum atomic E-state index is 13.5. The van der Waals surface area contributed by atoms with Gasteiger partial charge in [0.05, 0.1) is 5.56 Å². The molecule has 0 aliphatic rings. The van der Waals surface area contributed by atoms with Crippen molar-refractivity contribution in [3.8, 4) is 17.0 Å². The molecule has 0 bridgehead atoms. The molecule has 1 heterocycles. The maximum absolute atomic E-state index is 13.5. The summed E-state index contributed by atoms with van der Waals surface area (Å²) >= 11 is 0. The topological polar surface area (TPSA) is 22.1 Å². The van der Waals surface area contributed by atoms with Crippen molar-refractivity contribution in [2.75, 3.05) is 0 Å². The zero-order valence-electron chi connectivity index (χ0n) is 10.2. The molecular weight excluding hydrogens is 300 g/mol. The number of hydrogen-bond donors (Lipinski definition) is 0. The highest BCUT2D eigenvalue weighted by molar-refractivity contribution is 5.64. The fraction of sp³-hybridized carbons (Fsp3) is 0.154. The third-order valence-electron chi connectivity index (χ3n) is 2.53. The predicted octanol–water partition coefficient (Wildman–Crippen LogP) is 4.51. The molecule has 0 N–H and O–H groups in total. The van der Waals surface area contributed by atoms with Gasteiger partial charge in [-0.1, -0.05) is 12.1 Å². The minimum atomic E-state index is -4.54. The zero-order valence-corrected chi connectivity index (χ0v) is 10.2. The van der Waals surface area contributed by atoms with Crippen molar-refractivity contribution >= 4 is 0 Å². The molecule has 0 aliphatic heterocycles. The Labute approximate surface area is 115 Å². The Morgan fingerprint density at radius 2 is 1.76 bits per heavy atom. The number of halogens is 6. The standard InChI is InChI=1S/C13H7F6NO/c14-10-5-8(6-20-11(10)21-12(15)16)7-2-1-3-9(4-7)13(17,18)19/h1-6,12H. The first-order valence-corrected chi connectivity index (χ1v) is 5.55. The van der Waals surface area contributed by atoms with Crippen molar-refractivity contribution in [1.29, 1.82) is 0 Å². The lowest BCUT2D eigenvalue weighted by molar-refractivity contribution is -0.137. The number of nitrogens with zero attached hydrogens (tertiary/aromatic N) is 1. The van der Waals surface area contributed by atoms with E-state index >= 15 is 0 Å². The van der Waals surface area contributed by atoms with Gasteiger partial charge < -0.3 is 4.74 Å². The minimum absolute atomic E-state index is 0.0141. The fourth-order valence-electron chi connectivity index (χ4n) is 1.63. The first-order chi connectivity index (χ1) is 9.77. The summed E-state index contributed by atoms with van der Waals surface area (Å²) in [5.41, 5.74) is -0.839. The van der Waals surface area contributed by atoms with Crippen LogP contribution in [0, 0.1) is 5.82 Å². The summed E-state index contributed by atoms with van der Waals surface area (Å²) in [7, 11) is 0. The molecule has 112 valence electrons. The Balaban J connectivity index is 2.37. The average molecular weight is 307 g/mol. The van der Waals surface area contributed by atoms with Crippen molar-refractivity contribution in [2.45, 2.75) is 12.8 Å². The normalized spacial score (nSPS) is 11.8. The quantitative estimate of drug-likeness (QED) is 0.778. The summed E-state index contributed by atoms with van der Waals surface area (Å²) in [6.45, 7) is -3.24. The number of rotatable bonds is 3. The van der Waals surface area contributed by atoms with Crippen LogP contribution in [-0.2, 0) is 6.18 Å². The Bertz CT molecular complexity index is 641. The molecule has 1 aromatic carbocycles. The van der Waals surface area contributed by atoms with Gasteiger partial charge in [-0.15, -0.1) is 0 Å². The zero-order chi connectivity index (χ0) is 15.6. The third kappa shape index (κ3) is 3.65. The molecule has 0 spiro atoms. The molecule has 0 amide bonds. The highest BCUT2D eigenvalue weighted by Crippen LogP contribution is 2.32. The SMILES string of the molecule is Fc1cc(-c2cccc(C(F)(F)F)c2)cnc1OC(F)F. The van der Waals surface area contributed by atoms with Crippen LogP contribution in [0.2, 0.25) is 0 Å². The summed E-state index contributed by atoms with van der Waals surface area (Å²) in [6, 6.07) is 4.92. The Morgan fingerprint density at radius 3 is 2.33 bits per heavy atom. The Morgan fingerprint density at radius 1 is 1.05 bits per heavy atom. The molecule has 21 heavy (non-hydrogen) atoms. The number of alkyl halides is 5. The summed E-state index contributed by atoms with van der Waals surface area (Å²) in [5, 5.41) is 0. The van der Waals surface area contributed by atoms with E-state index in [4.69, 9.17) is 0 Å². The van der Waals surface area contributed by atoms with Gasteiger partial charge in [0, 0.05) is 11.8 Å². The number of aromatic nitrogens is 1. The lowest BCUT2D eigenvalue weighted by Crippen LogP contribution is -2.06. The van der Waals surface area contributed by atoms with Crippen molar-refractivity contribution < 1.29 is 31.1 Å². The van der Waals surface area contributed by atoms with Crippen molar-refractivity contribution in [3.63, 3.8) is 0 Å². The second-order valence-corrected chi connectivity index (χ2v) is 3.97. The van der Waals surface area contributed by atoms with Gasteiger partial charge in [0.1, 0.15) is 0 Å². The smallest absolute Gasteiger partial charge is 0.414 e. The van der Waals surface area contributed by atoms with Crippen LogP contribution in [0.15, 0.2) is 36.5 Å². The van der Waals surface area contributed by atoms with Gasteiger partial charge in [-0.3, -0.25) is 0 Å². The second-order valence-electron chi connectivity index (χ2n) is 3.97. The van der Waals surface area contributed by atoms with Crippen LogP contribution in [0.3, 0.4) is 0 Å². The molecular formula is C13H7F6NO. The number of benzene rings is 1. The van der Waals surface area contributed by atoms with E-state index in [0.717, 1.165) is 30.5 Å². The average Bonchev–Trinajstić information content (AvgIpc) is 2.40. The molecule has 2 rings (SSSR count). The molecule has 0 saturated heterocycles. The predicted molar refractivity (Wildman–Crippen MR) is 61.3 cm³/mol. The first kappa shape index (κ1) is 15.1. The summed E-state index contributed by atoms with van der Waals surface area (Å²) < 4.78 is 78.9. The Hall–Kier alpha value is -2.25. The molecule has 2 nitrogen and oxygen atoms in total. The summed E-state index contributed by atoms with van der Waals surface area (Å²) in [5.74, 6) is -2.11. The van der Waals surface area contributed by atoms with Crippen molar-refractivity contribution in [3.05, 3.63) is 47.9 Å².